The average molecular weight is 525 g/mol. The zero-order valence-electron chi connectivity index (χ0n) is 21.0. The fourth-order valence-electron chi connectivity index (χ4n) is 4.07. The van der Waals surface area contributed by atoms with Gasteiger partial charge in [-0.1, -0.05) is 80.1 Å². The number of methoxy groups -OCH3 is 1. The van der Waals surface area contributed by atoms with E-state index in [0.29, 0.717) is 25.6 Å². The van der Waals surface area contributed by atoms with Gasteiger partial charge >= 0.3 is 5.97 Å². The van der Waals surface area contributed by atoms with Crippen molar-refractivity contribution in [3.8, 4) is 0 Å². The lowest BCUT2D eigenvalue weighted by atomic mass is 9.87. The van der Waals surface area contributed by atoms with E-state index in [1.165, 1.54) is 24.0 Å². The van der Waals surface area contributed by atoms with Crippen LogP contribution in [0.15, 0.2) is 69.6 Å². The molecule has 1 aliphatic rings. The number of ether oxygens (including phenoxy) is 2. The topological polar surface area (TPSA) is 69.9 Å². The number of benzene rings is 2. The van der Waals surface area contributed by atoms with E-state index in [-0.39, 0.29) is 24.2 Å². The van der Waals surface area contributed by atoms with Gasteiger partial charge in [0.25, 0.3) is 5.56 Å². The molecule has 8 heteroatoms. The maximum atomic E-state index is 13.7. The van der Waals surface area contributed by atoms with Gasteiger partial charge in [-0.05, 0) is 47.2 Å². The molecule has 1 atom stereocenters. The molecular formula is C28H29ClN2O4S. The molecule has 188 valence electrons. The maximum absolute atomic E-state index is 13.7. The monoisotopic (exact) mass is 524 g/mol. The molecule has 6 nitrogen and oxygen atoms in total. The number of carbonyl (C=O) groups is 1. The van der Waals surface area contributed by atoms with Crippen molar-refractivity contribution in [2.24, 2.45) is 4.99 Å². The molecule has 3 aromatic rings. The van der Waals surface area contributed by atoms with Gasteiger partial charge in [0.1, 0.15) is 6.61 Å². The van der Waals surface area contributed by atoms with Crippen LogP contribution in [0.1, 0.15) is 50.4 Å². The molecule has 0 saturated carbocycles. The minimum Gasteiger partial charge on any atom is -0.460 e. The number of esters is 1. The minimum absolute atomic E-state index is 0.0439. The van der Waals surface area contributed by atoms with Crippen LogP contribution in [0.2, 0.25) is 5.02 Å². The lowest BCUT2D eigenvalue weighted by molar-refractivity contribution is -0.140. The van der Waals surface area contributed by atoms with E-state index in [1.807, 2.05) is 30.3 Å². The van der Waals surface area contributed by atoms with Crippen LogP contribution in [0.3, 0.4) is 0 Å². The maximum Gasteiger partial charge on any atom is 0.338 e. The molecule has 36 heavy (non-hydrogen) atoms. The summed E-state index contributed by atoms with van der Waals surface area (Å²) in [5, 5.41) is 0.565. The second kappa shape index (κ2) is 10.5. The van der Waals surface area contributed by atoms with E-state index in [4.69, 9.17) is 21.1 Å². The number of nitrogens with zero attached hydrogens (tertiary/aromatic N) is 2. The second-order valence-corrected chi connectivity index (χ2v) is 11.1. The summed E-state index contributed by atoms with van der Waals surface area (Å²) in [7, 11) is 1.54. The van der Waals surface area contributed by atoms with Crippen LogP contribution in [-0.2, 0) is 19.7 Å². The first-order valence-electron chi connectivity index (χ1n) is 11.6. The Balaban J connectivity index is 1.84. The van der Waals surface area contributed by atoms with Gasteiger partial charge in [0, 0.05) is 12.1 Å². The number of rotatable bonds is 6. The Labute approximate surface area is 219 Å². The van der Waals surface area contributed by atoms with Crippen molar-refractivity contribution in [1.29, 1.82) is 0 Å². The van der Waals surface area contributed by atoms with Gasteiger partial charge in [-0.2, -0.15) is 0 Å². The number of hydrogen-bond acceptors (Lipinski definition) is 6. The molecule has 1 aromatic heterocycles. The predicted octanol–water partition coefficient (Wildman–Crippen LogP) is 4.38. The first kappa shape index (κ1) is 26.1. The van der Waals surface area contributed by atoms with E-state index in [0.717, 1.165) is 11.1 Å². The zero-order chi connectivity index (χ0) is 26.0. The van der Waals surface area contributed by atoms with E-state index in [1.54, 1.807) is 23.6 Å². The zero-order valence-corrected chi connectivity index (χ0v) is 22.6. The van der Waals surface area contributed by atoms with Crippen LogP contribution in [0, 0.1) is 0 Å². The van der Waals surface area contributed by atoms with Crippen molar-refractivity contribution in [1.82, 2.24) is 4.57 Å². The van der Waals surface area contributed by atoms with Gasteiger partial charge in [-0.15, -0.1) is 0 Å². The highest BCUT2D eigenvalue weighted by Gasteiger charge is 2.33. The molecule has 0 fully saturated rings. The summed E-state index contributed by atoms with van der Waals surface area (Å²) in [5.41, 5.74) is 3.55. The number of halogens is 1. The summed E-state index contributed by atoms with van der Waals surface area (Å²) in [6.45, 7) is 8.63. The molecule has 1 unspecified atom stereocenters. The molecule has 0 spiro atoms. The van der Waals surface area contributed by atoms with E-state index in [2.05, 4.69) is 37.9 Å². The fourth-order valence-corrected chi connectivity index (χ4v) is 5.24. The Morgan fingerprint density at radius 3 is 2.39 bits per heavy atom. The lowest BCUT2D eigenvalue weighted by Crippen LogP contribution is -2.40. The summed E-state index contributed by atoms with van der Waals surface area (Å²) in [4.78, 5) is 32.0. The Bertz CT molecular complexity index is 1480. The first-order valence-corrected chi connectivity index (χ1v) is 12.8. The Morgan fingerprint density at radius 2 is 1.78 bits per heavy atom. The van der Waals surface area contributed by atoms with E-state index in [9.17, 15) is 9.59 Å². The highest BCUT2D eigenvalue weighted by molar-refractivity contribution is 7.07. The number of allylic oxidation sites excluding steroid dienone is 1. The Hall–Kier alpha value is -3.00. The normalized spacial score (nSPS) is 16.1. The van der Waals surface area contributed by atoms with Gasteiger partial charge < -0.3 is 9.47 Å². The van der Waals surface area contributed by atoms with Crippen LogP contribution in [0.5, 0.6) is 0 Å². The summed E-state index contributed by atoms with van der Waals surface area (Å²) >= 11 is 7.42. The third kappa shape index (κ3) is 5.38. The number of fused-ring (bicyclic) bond motifs is 1. The van der Waals surface area contributed by atoms with Gasteiger partial charge in [0.2, 0.25) is 0 Å². The van der Waals surface area contributed by atoms with Gasteiger partial charge in [-0.25, -0.2) is 9.79 Å². The standard InChI is InChI=1S/C28H29ClN2O4S/c1-17-23(26(33)35-15-14-34-5)24(19-8-12-21(29)13-9-19)31-25(32)22(36-27(31)30-17)16-18-6-10-20(11-7-18)28(2,3)4/h6-13,16,24H,14-15H2,1-5H3. The van der Waals surface area contributed by atoms with Crippen LogP contribution < -0.4 is 14.9 Å². The number of carbonyl (C=O) groups excluding carboxylic acids is 1. The SMILES string of the molecule is COCCOC(=O)C1=C(C)N=c2sc(=Cc3ccc(C(C)(C)C)cc3)c(=O)n2C1c1ccc(Cl)cc1. The van der Waals surface area contributed by atoms with Crippen LogP contribution in [0.4, 0.5) is 0 Å². The van der Waals surface area contributed by atoms with Crippen LogP contribution in [-0.4, -0.2) is 30.9 Å². The molecule has 1 aliphatic heterocycles. The molecule has 0 saturated heterocycles. The third-order valence-electron chi connectivity index (χ3n) is 6.02. The molecule has 0 N–H and O–H groups in total. The largest absolute Gasteiger partial charge is 0.460 e. The fraction of sp³-hybridized carbons (Fsp3) is 0.321. The number of aromatic nitrogens is 1. The molecular weight excluding hydrogens is 496 g/mol. The second-order valence-electron chi connectivity index (χ2n) is 9.63. The highest BCUT2D eigenvalue weighted by atomic mass is 35.5. The highest BCUT2D eigenvalue weighted by Crippen LogP contribution is 2.31. The summed E-state index contributed by atoms with van der Waals surface area (Å²) < 4.78 is 12.6. The van der Waals surface area contributed by atoms with Crippen molar-refractivity contribution < 1.29 is 14.3 Å². The van der Waals surface area contributed by atoms with Crippen molar-refractivity contribution in [2.75, 3.05) is 20.3 Å². The summed E-state index contributed by atoms with van der Waals surface area (Å²) in [6.07, 6.45) is 1.87. The molecule has 0 bridgehead atoms. The Kier molecular flexibility index (Phi) is 7.64. The van der Waals surface area contributed by atoms with Crippen LogP contribution >= 0.6 is 22.9 Å². The van der Waals surface area contributed by atoms with Crippen LogP contribution in [0.25, 0.3) is 6.08 Å². The Morgan fingerprint density at radius 1 is 1.11 bits per heavy atom. The molecule has 4 rings (SSSR count). The minimum atomic E-state index is -0.682. The van der Waals surface area contributed by atoms with Gasteiger partial charge in [0.15, 0.2) is 4.80 Å². The van der Waals surface area contributed by atoms with Crippen molar-refractivity contribution in [2.45, 2.75) is 39.2 Å². The van der Waals surface area contributed by atoms with Crippen molar-refractivity contribution >= 4 is 35.0 Å². The van der Waals surface area contributed by atoms with E-state index < -0.39 is 12.0 Å². The molecule has 2 aromatic carbocycles. The first-order chi connectivity index (χ1) is 17.1. The summed E-state index contributed by atoms with van der Waals surface area (Å²) in [5.74, 6) is -0.528. The third-order valence-corrected chi connectivity index (χ3v) is 7.26. The van der Waals surface area contributed by atoms with Crippen molar-refractivity contribution in [3.05, 3.63) is 101 Å². The smallest absolute Gasteiger partial charge is 0.338 e. The van der Waals surface area contributed by atoms with Gasteiger partial charge in [-0.3, -0.25) is 9.36 Å². The molecule has 2 heterocycles. The molecule has 0 amide bonds. The quantitative estimate of drug-likeness (QED) is 0.354. The van der Waals surface area contributed by atoms with Gasteiger partial charge in [0.05, 0.1) is 28.5 Å². The van der Waals surface area contributed by atoms with Crippen molar-refractivity contribution in [3.63, 3.8) is 0 Å². The number of hydrogen-bond donors (Lipinski definition) is 0. The molecule has 0 aliphatic carbocycles. The average Bonchev–Trinajstić information content (AvgIpc) is 3.13. The molecule has 0 radical (unpaired) electrons. The summed E-state index contributed by atoms with van der Waals surface area (Å²) in [6, 6.07) is 14.6. The predicted molar refractivity (Wildman–Crippen MR) is 143 cm³/mol. The van der Waals surface area contributed by atoms with E-state index >= 15 is 0 Å². The lowest BCUT2D eigenvalue weighted by Gasteiger charge is -2.24. The number of thiazole rings is 1.